The molecule has 0 aromatic heterocycles. The molecule has 0 aliphatic carbocycles. The van der Waals surface area contributed by atoms with Crippen LogP contribution in [0.5, 0.6) is 0 Å². The summed E-state index contributed by atoms with van der Waals surface area (Å²) in [6.07, 6.45) is 7.82. The first kappa shape index (κ1) is 9.74. The van der Waals surface area contributed by atoms with Crippen molar-refractivity contribution in [3.8, 4) is 0 Å². The van der Waals surface area contributed by atoms with Gasteiger partial charge >= 0.3 is 0 Å². The highest BCUT2D eigenvalue weighted by atomic mass is 15.7. The van der Waals surface area contributed by atoms with Crippen molar-refractivity contribution in [2.75, 3.05) is 26.2 Å². The summed E-state index contributed by atoms with van der Waals surface area (Å²) in [6, 6.07) is 0. The average molecular weight is 196 g/mol. The Morgan fingerprint density at radius 1 is 0.500 bits per heavy atom. The van der Waals surface area contributed by atoms with Crippen LogP contribution in [0.3, 0.4) is 0 Å². The molecule has 2 heterocycles. The van der Waals surface area contributed by atoms with Gasteiger partial charge in [0.1, 0.15) is 0 Å². The standard InChI is InChI=1S/C10H20N4/c1-3-7-13(8-4-1)11-12-14-9-5-2-6-10-14/h1-10H2. The number of nitrogens with zero attached hydrogens (tertiary/aromatic N) is 4. The first-order chi connectivity index (χ1) is 6.95. The van der Waals surface area contributed by atoms with E-state index in [0.717, 1.165) is 26.2 Å². The SMILES string of the molecule is C1CCN(N=NN2CCCCC2)CC1. The summed E-state index contributed by atoms with van der Waals surface area (Å²) in [5.74, 6) is 0. The molecule has 0 spiro atoms. The maximum Gasteiger partial charge on any atom is 0.0377 e. The van der Waals surface area contributed by atoms with Gasteiger partial charge in [-0.15, -0.1) is 0 Å². The highest BCUT2D eigenvalue weighted by Gasteiger charge is 2.10. The van der Waals surface area contributed by atoms with Gasteiger partial charge in [-0.1, -0.05) is 10.4 Å². The van der Waals surface area contributed by atoms with E-state index >= 15 is 0 Å². The van der Waals surface area contributed by atoms with Gasteiger partial charge in [-0.25, -0.2) is 0 Å². The summed E-state index contributed by atoms with van der Waals surface area (Å²) in [4.78, 5) is 0. The van der Waals surface area contributed by atoms with Gasteiger partial charge in [0.2, 0.25) is 0 Å². The Balaban J connectivity index is 1.73. The lowest BCUT2D eigenvalue weighted by Gasteiger charge is -2.25. The molecule has 0 atom stereocenters. The van der Waals surface area contributed by atoms with E-state index in [1.54, 1.807) is 0 Å². The van der Waals surface area contributed by atoms with Gasteiger partial charge in [0.05, 0.1) is 0 Å². The van der Waals surface area contributed by atoms with Crippen molar-refractivity contribution in [3.05, 3.63) is 0 Å². The van der Waals surface area contributed by atoms with E-state index in [-0.39, 0.29) is 0 Å². The van der Waals surface area contributed by atoms with Crippen LogP contribution in [0.4, 0.5) is 0 Å². The second-order valence-electron chi connectivity index (χ2n) is 4.21. The summed E-state index contributed by atoms with van der Waals surface area (Å²) < 4.78 is 0. The Morgan fingerprint density at radius 3 is 1.21 bits per heavy atom. The largest absolute Gasteiger partial charge is 0.277 e. The molecule has 80 valence electrons. The van der Waals surface area contributed by atoms with Crippen LogP contribution in [0.25, 0.3) is 0 Å². The second-order valence-corrected chi connectivity index (χ2v) is 4.21. The van der Waals surface area contributed by atoms with Crippen LogP contribution in [0.15, 0.2) is 10.4 Å². The summed E-state index contributed by atoms with van der Waals surface area (Å²) in [7, 11) is 0. The van der Waals surface area contributed by atoms with Crippen molar-refractivity contribution >= 4 is 0 Å². The molecule has 2 saturated heterocycles. The summed E-state index contributed by atoms with van der Waals surface area (Å²) in [6.45, 7) is 4.38. The van der Waals surface area contributed by atoms with Gasteiger partial charge in [-0.2, -0.15) is 0 Å². The van der Waals surface area contributed by atoms with E-state index in [0.29, 0.717) is 0 Å². The third-order valence-electron chi connectivity index (χ3n) is 2.96. The monoisotopic (exact) mass is 196 g/mol. The zero-order valence-electron chi connectivity index (χ0n) is 8.86. The number of hydrogen-bond acceptors (Lipinski definition) is 2. The molecule has 0 amide bonds. The first-order valence-corrected chi connectivity index (χ1v) is 5.86. The van der Waals surface area contributed by atoms with Gasteiger partial charge in [-0.05, 0) is 38.5 Å². The maximum atomic E-state index is 4.29. The van der Waals surface area contributed by atoms with E-state index in [4.69, 9.17) is 0 Å². The molecule has 0 unspecified atom stereocenters. The lowest BCUT2D eigenvalue weighted by atomic mass is 10.2. The number of piperidine rings is 2. The summed E-state index contributed by atoms with van der Waals surface area (Å²) in [5, 5.41) is 12.8. The molecule has 0 radical (unpaired) electrons. The van der Waals surface area contributed by atoms with E-state index in [1.165, 1.54) is 38.5 Å². The molecule has 2 rings (SSSR count). The maximum absolute atomic E-state index is 4.29. The minimum absolute atomic E-state index is 1.09. The fourth-order valence-corrected chi connectivity index (χ4v) is 2.05. The van der Waals surface area contributed by atoms with Gasteiger partial charge in [0.15, 0.2) is 0 Å². The van der Waals surface area contributed by atoms with Crippen LogP contribution >= 0.6 is 0 Å². The van der Waals surface area contributed by atoms with Crippen LogP contribution in [0.2, 0.25) is 0 Å². The third-order valence-corrected chi connectivity index (χ3v) is 2.96. The van der Waals surface area contributed by atoms with Crippen molar-refractivity contribution in [2.45, 2.75) is 38.5 Å². The predicted molar refractivity (Wildman–Crippen MR) is 55.7 cm³/mol. The Kier molecular flexibility index (Phi) is 3.60. The Bertz CT molecular complexity index is 161. The average Bonchev–Trinajstić information content (AvgIpc) is 2.29. The molecule has 0 saturated carbocycles. The van der Waals surface area contributed by atoms with Crippen LogP contribution < -0.4 is 0 Å². The van der Waals surface area contributed by atoms with E-state index in [1.807, 2.05) is 0 Å². The molecule has 4 nitrogen and oxygen atoms in total. The molecule has 4 heteroatoms. The van der Waals surface area contributed by atoms with Gasteiger partial charge in [0.25, 0.3) is 0 Å². The van der Waals surface area contributed by atoms with Gasteiger partial charge in [0, 0.05) is 26.2 Å². The third kappa shape index (κ3) is 2.86. The molecule has 2 fully saturated rings. The molecule has 0 aromatic carbocycles. The molecule has 0 bridgehead atoms. The first-order valence-electron chi connectivity index (χ1n) is 5.86. The minimum atomic E-state index is 1.09. The number of rotatable bonds is 2. The quantitative estimate of drug-likeness (QED) is 0.634. The van der Waals surface area contributed by atoms with E-state index in [2.05, 4.69) is 20.5 Å². The Labute approximate surface area is 85.9 Å². The summed E-state index contributed by atoms with van der Waals surface area (Å²) in [5.41, 5.74) is 0. The molecular weight excluding hydrogens is 176 g/mol. The molecule has 2 aliphatic rings. The highest BCUT2D eigenvalue weighted by molar-refractivity contribution is 4.61. The van der Waals surface area contributed by atoms with E-state index in [9.17, 15) is 0 Å². The minimum Gasteiger partial charge on any atom is -0.277 e. The van der Waals surface area contributed by atoms with Crippen LogP contribution in [-0.2, 0) is 0 Å². The Hall–Kier alpha value is -0.800. The van der Waals surface area contributed by atoms with Crippen molar-refractivity contribution < 1.29 is 0 Å². The van der Waals surface area contributed by atoms with Gasteiger partial charge < -0.3 is 0 Å². The number of hydrogen-bond donors (Lipinski definition) is 0. The van der Waals surface area contributed by atoms with Crippen molar-refractivity contribution in [1.82, 2.24) is 10.0 Å². The lowest BCUT2D eigenvalue weighted by Crippen LogP contribution is -2.27. The van der Waals surface area contributed by atoms with Crippen molar-refractivity contribution in [1.29, 1.82) is 0 Å². The predicted octanol–water partition coefficient (Wildman–Crippen LogP) is 2.24. The van der Waals surface area contributed by atoms with Crippen molar-refractivity contribution in [3.63, 3.8) is 0 Å². The zero-order chi connectivity index (χ0) is 9.64. The molecule has 2 aliphatic heterocycles. The Morgan fingerprint density at radius 2 is 0.857 bits per heavy atom. The van der Waals surface area contributed by atoms with Crippen LogP contribution in [0, 0.1) is 0 Å². The topological polar surface area (TPSA) is 31.2 Å². The molecule has 14 heavy (non-hydrogen) atoms. The molecule has 0 N–H and O–H groups in total. The van der Waals surface area contributed by atoms with E-state index < -0.39 is 0 Å². The van der Waals surface area contributed by atoms with Crippen molar-refractivity contribution in [2.24, 2.45) is 10.4 Å². The normalized spacial score (nSPS) is 24.6. The lowest BCUT2D eigenvalue weighted by molar-refractivity contribution is 0.160. The second kappa shape index (κ2) is 5.17. The fraction of sp³-hybridized carbons (Fsp3) is 1.00. The van der Waals surface area contributed by atoms with Gasteiger partial charge in [-0.3, -0.25) is 10.0 Å². The molecule has 0 aromatic rings. The summed E-state index contributed by atoms with van der Waals surface area (Å²) >= 11 is 0. The molecular formula is C10H20N4. The van der Waals surface area contributed by atoms with Crippen LogP contribution in [0.1, 0.15) is 38.5 Å². The smallest absolute Gasteiger partial charge is 0.0377 e. The fourth-order valence-electron chi connectivity index (χ4n) is 2.05. The highest BCUT2D eigenvalue weighted by Crippen LogP contribution is 2.12. The van der Waals surface area contributed by atoms with Crippen LogP contribution in [-0.4, -0.2) is 36.2 Å². The zero-order valence-corrected chi connectivity index (χ0v) is 8.86.